The summed E-state index contributed by atoms with van der Waals surface area (Å²) in [7, 11) is 4.03. The lowest BCUT2D eigenvalue weighted by Gasteiger charge is -2.35. The summed E-state index contributed by atoms with van der Waals surface area (Å²) in [5, 5.41) is 0. The third-order valence-corrected chi connectivity index (χ3v) is 20.5. The number of carbonyl (C=O) groups is 2. The number of methoxy groups -OCH3 is 1. The molecule has 0 atom stereocenters. The van der Waals surface area contributed by atoms with Gasteiger partial charge >= 0.3 is 0 Å². The first-order chi connectivity index (χ1) is 44.8. The number of ether oxygens (including phenoxy) is 3. The van der Waals surface area contributed by atoms with Crippen molar-refractivity contribution >= 4 is 11.8 Å². The van der Waals surface area contributed by atoms with Crippen molar-refractivity contribution in [3.8, 4) is 0 Å². The molecule has 7 aliphatic heterocycles. The number of rotatable bonds is 20. The molecule has 13 nitrogen and oxygen atoms in total. The number of hydrogen-bond donors (Lipinski definition) is 0. The first-order valence-electron chi connectivity index (χ1n) is 40.5. The van der Waals surface area contributed by atoms with E-state index in [9.17, 15) is 9.59 Å². The molecule has 572 valence electrons. The van der Waals surface area contributed by atoms with Crippen molar-refractivity contribution in [1.29, 1.82) is 0 Å². The lowest BCUT2D eigenvalue weighted by atomic mass is 9.83. The van der Waals surface area contributed by atoms with E-state index in [1.807, 2.05) is 16.9 Å². The van der Waals surface area contributed by atoms with Crippen LogP contribution < -0.4 is 0 Å². The second-order valence-corrected chi connectivity index (χ2v) is 36.6. The maximum absolute atomic E-state index is 11.1. The van der Waals surface area contributed by atoms with Crippen molar-refractivity contribution in [1.82, 2.24) is 39.2 Å². The zero-order valence-corrected chi connectivity index (χ0v) is 69.3. The van der Waals surface area contributed by atoms with Gasteiger partial charge in [-0.25, -0.2) is 0 Å². The van der Waals surface area contributed by atoms with Crippen molar-refractivity contribution in [3.63, 3.8) is 0 Å². The van der Waals surface area contributed by atoms with Crippen LogP contribution in [0, 0.1) is 39.9 Å². The summed E-state index contributed by atoms with van der Waals surface area (Å²) in [5.41, 5.74) is 1.43. The molecule has 0 aliphatic carbocycles. The summed E-state index contributed by atoms with van der Waals surface area (Å²) < 4.78 is 17.1. The van der Waals surface area contributed by atoms with Gasteiger partial charge in [-0.1, -0.05) is 117 Å². The highest BCUT2D eigenvalue weighted by Gasteiger charge is 2.28. The highest BCUT2D eigenvalue weighted by molar-refractivity contribution is 5.73. The van der Waals surface area contributed by atoms with Crippen molar-refractivity contribution in [2.75, 3.05) is 152 Å². The number of piperidine rings is 6. The zero-order valence-electron chi connectivity index (χ0n) is 69.3. The number of likely N-dealkylation sites (N-methyl/N-ethyl adjacent to an activating group) is 1. The van der Waals surface area contributed by atoms with Crippen LogP contribution in [0.15, 0.2) is 0 Å². The van der Waals surface area contributed by atoms with Crippen LogP contribution in [0.1, 0.15) is 307 Å². The lowest BCUT2D eigenvalue weighted by Crippen LogP contribution is -2.45. The fraction of sp³-hybridized carbons (Fsp3) is 0.976. The SMILES string of the molecule is CC(=O)N1CCC(CCC(C)(C)C)CC1.CC(=O)N1CCC(OC(C)(C)C)CC1.CCCN1CCC(CCC(C)(C)C)CC1.CCCN1CCC(CCC(C)C)CC1.CCCN1CCC(OC(C)(C)C)CC1.CCCN1CCC(OC)CC1.CN1CCN(CCC(C)(C)C)CC1. The van der Waals surface area contributed by atoms with Gasteiger partial charge in [0.05, 0.1) is 29.5 Å². The summed E-state index contributed by atoms with van der Waals surface area (Å²) in [6.07, 6.45) is 31.2. The van der Waals surface area contributed by atoms with Gasteiger partial charge in [0.15, 0.2) is 0 Å². The van der Waals surface area contributed by atoms with E-state index in [-0.39, 0.29) is 23.0 Å². The van der Waals surface area contributed by atoms with E-state index in [0.29, 0.717) is 34.6 Å². The normalized spacial score (nSPS) is 20.9. The molecular formula is C83H170N8O5. The van der Waals surface area contributed by atoms with E-state index >= 15 is 0 Å². The fourth-order valence-electron chi connectivity index (χ4n) is 14.1. The monoisotopic (exact) mass is 1360 g/mol. The fourth-order valence-corrected chi connectivity index (χ4v) is 14.1. The van der Waals surface area contributed by atoms with E-state index in [0.717, 1.165) is 62.7 Å². The maximum atomic E-state index is 11.1. The molecule has 0 unspecified atom stereocenters. The minimum atomic E-state index is -0.0664. The predicted molar refractivity (Wildman–Crippen MR) is 417 cm³/mol. The first-order valence-corrected chi connectivity index (χ1v) is 40.5. The van der Waals surface area contributed by atoms with Crippen LogP contribution in [0.25, 0.3) is 0 Å². The van der Waals surface area contributed by atoms with Gasteiger partial charge in [0.25, 0.3) is 0 Å². The van der Waals surface area contributed by atoms with E-state index in [1.165, 1.54) is 246 Å². The minimum Gasteiger partial charge on any atom is -0.381 e. The Morgan fingerprint density at radius 3 is 0.917 bits per heavy atom. The number of nitrogens with zero attached hydrogens (tertiary/aromatic N) is 8. The Morgan fingerprint density at radius 1 is 0.365 bits per heavy atom. The molecule has 7 fully saturated rings. The van der Waals surface area contributed by atoms with Crippen LogP contribution in [0.2, 0.25) is 0 Å². The molecule has 0 spiro atoms. The van der Waals surface area contributed by atoms with Crippen molar-refractivity contribution in [2.45, 2.75) is 336 Å². The standard InChI is InChI=1S/C14H29N.C13H25NO.C13H27N.C12H25NO.C11H24N2.C11H21NO2.C9H19NO/c1-5-10-15-11-7-13(8-12-15)6-9-14(2,3)4;1-11(15)14-9-6-12(7-10-14)5-8-13(2,3)4;1-4-9-14-10-7-13(8-11-14)6-5-12(2)3;1-5-8-13-9-6-11(7-10-13)14-12(2,3)4;1-11(2,3)5-6-13-9-7-12(4)8-10-13;1-9(13)12-7-5-10(6-8-12)14-11(2,3)4;1-3-6-10-7-4-9(11-2)5-8-10/h13H,5-12H2,1-4H3;12H,5-10H2,1-4H3;12-13H,4-11H2,1-3H3;11H,5-10H2,1-4H3;5-10H2,1-4H3;10H,5-8H2,1-4H3;9H,3-8H2,1-2H3. The van der Waals surface area contributed by atoms with Gasteiger partial charge < -0.3 is 53.4 Å². The molecule has 7 aliphatic rings. The van der Waals surface area contributed by atoms with Crippen molar-refractivity contribution in [3.05, 3.63) is 0 Å². The molecule has 0 N–H and O–H groups in total. The number of likely N-dealkylation sites (tertiary alicyclic amines) is 6. The van der Waals surface area contributed by atoms with Gasteiger partial charge in [0.2, 0.25) is 11.8 Å². The molecule has 13 heteroatoms. The molecule has 0 aromatic rings. The molecule has 7 saturated heterocycles. The summed E-state index contributed by atoms with van der Waals surface area (Å²) >= 11 is 0. The Labute approximate surface area is 599 Å². The summed E-state index contributed by atoms with van der Waals surface area (Å²) in [6, 6.07) is 0. The Balaban J connectivity index is 0.000000561. The molecule has 2 amide bonds. The molecule has 0 saturated carbocycles. The van der Waals surface area contributed by atoms with E-state index in [4.69, 9.17) is 14.2 Å². The van der Waals surface area contributed by atoms with Gasteiger partial charge in [0, 0.05) is 99.5 Å². The van der Waals surface area contributed by atoms with Crippen LogP contribution in [-0.4, -0.2) is 232 Å². The highest BCUT2D eigenvalue weighted by atomic mass is 16.5. The summed E-state index contributed by atoms with van der Waals surface area (Å²) in [5.74, 6) is 4.20. The number of piperazine rings is 1. The van der Waals surface area contributed by atoms with Crippen LogP contribution in [0.4, 0.5) is 0 Å². The van der Waals surface area contributed by atoms with Gasteiger partial charge in [-0.2, -0.15) is 0 Å². The molecule has 0 bridgehead atoms. The van der Waals surface area contributed by atoms with Crippen molar-refractivity contribution < 1.29 is 23.8 Å². The van der Waals surface area contributed by atoms with E-state index in [1.54, 1.807) is 13.8 Å². The highest BCUT2D eigenvalue weighted by Crippen LogP contribution is 2.31. The second kappa shape index (κ2) is 50.1. The Bertz CT molecular complexity index is 1850. The topological polar surface area (TPSA) is 87.8 Å². The third-order valence-electron chi connectivity index (χ3n) is 20.5. The Kier molecular flexibility index (Phi) is 48.3. The second-order valence-electron chi connectivity index (χ2n) is 36.6. The van der Waals surface area contributed by atoms with Crippen LogP contribution >= 0.6 is 0 Å². The zero-order chi connectivity index (χ0) is 72.5. The van der Waals surface area contributed by atoms with Gasteiger partial charge in [-0.15, -0.1) is 0 Å². The molecular weight excluding hydrogens is 1190 g/mol. The molecule has 0 radical (unpaired) electrons. The summed E-state index contributed by atoms with van der Waals surface area (Å²) in [6.45, 7) is 76.0. The van der Waals surface area contributed by atoms with Gasteiger partial charge in [0.1, 0.15) is 0 Å². The number of carbonyl (C=O) groups excluding carboxylic acids is 2. The Morgan fingerprint density at radius 2 is 0.635 bits per heavy atom. The molecule has 7 rings (SSSR count). The van der Waals surface area contributed by atoms with Crippen LogP contribution in [0.5, 0.6) is 0 Å². The van der Waals surface area contributed by atoms with E-state index < -0.39 is 0 Å². The lowest BCUT2D eigenvalue weighted by molar-refractivity contribution is -0.134. The summed E-state index contributed by atoms with van der Waals surface area (Å²) in [4.78, 5) is 41.4. The third kappa shape index (κ3) is 50.8. The quantitative estimate of drug-likeness (QED) is 0.117. The molecule has 0 aromatic carbocycles. The minimum absolute atomic E-state index is 0.0254. The van der Waals surface area contributed by atoms with Gasteiger partial charge in [-0.05, 0) is 282 Å². The van der Waals surface area contributed by atoms with E-state index in [2.05, 4.69) is 182 Å². The Hall–Kier alpha value is -1.42. The van der Waals surface area contributed by atoms with Crippen LogP contribution in [0.3, 0.4) is 0 Å². The van der Waals surface area contributed by atoms with Crippen molar-refractivity contribution in [2.24, 2.45) is 39.9 Å². The number of hydrogen-bond acceptors (Lipinski definition) is 11. The molecule has 96 heavy (non-hydrogen) atoms. The largest absolute Gasteiger partial charge is 0.381 e. The average Bonchev–Trinajstić information content (AvgIpc) is 1.63. The molecule has 7 heterocycles. The smallest absolute Gasteiger partial charge is 0.219 e. The first kappa shape index (κ1) is 92.6. The maximum Gasteiger partial charge on any atom is 0.219 e. The van der Waals surface area contributed by atoms with Crippen LogP contribution in [-0.2, 0) is 23.8 Å². The number of amides is 2. The predicted octanol–water partition coefficient (Wildman–Crippen LogP) is 18.2. The average molecular weight is 1360 g/mol. The molecule has 0 aromatic heterocycles. The van der Waals surface area contributed by atoms with Gasteiger partial charge in [-0.3, -0.25) is 9.59 Å².